The van der Waals surface area contributed by atoms with E-state index >= 15 is 0 Å². The van der Waals surface area contributed by atoms with E-state index in [0.717, 1.165) is 19.4 Å². The molecule has 0 radical (unpaired) electrons. The lowest BCUT2D eigenvalue weighted by Gasteiger charge is -2.11. The van der Waals surface area contributed by atoms with Crippen LogP contribution in [0.5, 0.6) is 0 Å². The van der Waals surface area contributed by atoms with E-state index in [-0.39, 0.29) is 21.4 Å². The Morgan fingerprint density at radius 3 is 2.53 bits per heavy atom. The lowest BCUT2D eigenvalue weighted by molar-refractivity contribution is 0.0952. The molecule has 0 aliphatic carbocycles. The Morgan fingerprint density at radius 2 is 1.83 bits per heavy atom. The molecule has 0 saturated carbocycles. The van der Waals surface area contributed by atoms with Gasteiger partial charge >= 0.3 is 0 Å². The molecule has 0 fully saturated rings. The number of carbonyl (C=O) groups excluding carboxylic acids is 1. The zero-order valence-corrected chi connectivity index (χ0v) is 18.2. The third kappa shape index (κ3) is 5.98. The van der Waals surface area contributed by atoms with Gasteiger partial charge in [0.15, 0.2) is 0 Å². The fraction of sp³-hybridized carbons (Fsp3) is 0.200. The molecule has 3 rings (SSSR count). The number of sulfonamides is 1. The number of rotatable bonds is 9. The summed E-state index contributed by atoms with van der Waals surface area (Å²) < 4.78 is 29.8. The Balaban J connectivity index is 1.61. The summed E-state index contributed by atoms with van der Waals surface area (Å²) in [5.74, 6) is -0.364. The molecule has 1 heterocycles. The first-order valence-corrected chi connectivity index (χ1v) is 11.4. The average molecular weight is 467 g/mol. The number of anilines is 1. The Kier molecular flexibility index (Phi) is 7.36. The minimum Gasteiger partial charge on any atom is -0.352 e. The number of unbranched alkanes of at least 4 members (excludes halogenated alkanes) is 1. The molecule has 10 heteroatoms. The van der Waals surface area contributed by atoms with Crippen molar-refractivity contribution in [3.8, 4) is 0 Å². The highest BCUT2D eigenvalue weighted by molar-refractivity contribution is 7.92. The number of nitrogens with one attached hydrogen (secondary N) is 2. The summed E-state index contributed by atoms with van der Waals surface area (Å²) in [6.07, 6.45) is 7.00. The Bertz CT molecular complexity index is 1100. The third-order valence-corrected chi connectivity index (χ3v) is 6.38. The molecule has 1 amide bonds. The number of nitrogens with zero attached hydrogens (tertiary/aromatic N) is 2. The van der Waals surface area contributed by atoms with E-state index in [1.807, 2.05) is 10.8 Å². The molecule has 0 saturated heterocycles. The second-order valence-electron chi connectivity index (χ2n) is 6.52. The Morgan fingerprint density at radius 1 is 1.07 bits per heavy atom. The summed E-state index contributed by atoms with van der Waals surface area (Å²) in [4.78, 5) is 16.2. The van der Waals surface area contributed by atoms with Gasteiger partial charge in [-0.05, 0) is 55.3 Å². The summed E-state index contributed by atoms with van der Waals surface area (Å²) in [5.41, 5.74) is 0.550. The second kappa shape index (κ2) is 9.97. The second-order valence-corrected chi connectivity index (χ2v) is 9.02. The van der Waals surface area contributed by atoms with Gasteiger partial charge in [-0.2, -0.15) is 0 Å². The first-order chi connectivity index (χ1) is 14.3. The molecule has 0 unspecified atom stereocenters. The molecule has 2 aromatic carbocycles. The molecule has 0 aliphatic rings. The maximum atomic E-state index is 12.7. The monoisotopic (exact) mass is 466 g/mol. The zero-order chi connectivity index (χ0) is 21.6. The van der Waals surface area contributed by atoms with Crippen molar-refractivity contribution in [3.63, 3.8) is 0 Å². The van der Waals surface area contributed by atoms with Gasteiger partial charge in [-0.1, -0.05) is 23.2 Å². The van der Waals surface area contributed by atoms with Crippen LogP contribution in [0.25, 0.3) is 0 Å². The van der Waals surface area contributed by atoms with Crippen LogP contribution in [-0.4, -0.2) is 30.4 Å². The van der Waals surface area contributed by atoms with Gasteiger partial charge < -0.3 is 9.88 Å². The van der Waals surface area contributed by atoms with Crippen molar-refractivity contribution in [1.82, 2.24) is 14.9 Å². The lowest BCUT2D eigenvalue weighted by Crippen LogP contribution is -2.25. The number of aromatic nitrogens is 2. The van der Waals surface area contributed by atoms with Crippen LogP contribution in [0.2, 0.25) is 10.0 Å². The maximum absolute atomic E-state index is 12.7. The van der Waals surface area contributed by atoms with Gasteiger partial charge in [-0.3, -0.25) is 9.52 Å². The summed E-state index contributed by atoms with van der Waals surface area (Å²) in [7, 11) is -3.98. The molecule has 0 spiro atoms. The van der Waals surface area contributed by atoms with E-state index in [1.165, 1.54) is 30.3 Å². The molecule has 158 valence electrons. The van der Waals surface area contributed by atoms with Crippen LogP contribution < -0.4 is 10.0 Å². The van der Waals surface area contributed by atoms with Gasteiger partial charge in [0.05, 0.1) is 11.3 Å². The number of aryl methyl sites for hydroxylation is 1. The van der Waals surface area contributed by atoms with Crippen LogP contribution in [0, 0.1) is 0 Å². The first-order valence-electron chi connectivity index (χ1n) is 9.17. The Labute approximate surface area is 185 Å². The van der Waals surface area contributed by atoms with Crippen molar-refractivity contribution >= 4 is 44.8 Å². The molecule has 1 aromatic heterocycles. The number of amides is 1. The van der Waals surface area contributed by atoms with Gasteiger partial charge in [0.1, 0.15) is 4.90 Å². The highest BCUT2D eigenvalue weighted by atomic mass is 35.5. The quantitative estimate of drug-likeness (QED) is 0.462. The highest BCUT2D eigenvalue weighted by Gasteiger charge is 2.20. The lowest BCUT2D eigenvalue weighted by atomic mass is 10.2. The van der Waals surface area contributed by atoms with E-state index in [9.17, 15) is 13.2 Å². The zero-order valence-electron chi connectivity index (χ0n) is 15.9. The largest absolute Gasteiger partial charge is 0.352 e. The maximum Gasteiger partial charge on any atom is 0.263 e. The average Bonchev–Trinajstić information content (AvgIpc) is 3.23. The SMILES string of the molecule is O=C(NCCCCn1ccnc1)c1ccc(Cl)c(S(=O)(=O)Nc2ccc(Cl)cc2)c1. The van der Waals surface area contributed by atoms with Crippen LogP contribution >= 0.6 is 23.2 Å². The predicted molar refractivity (Wildman–Crippen MR) is 118 cm³/mol. The number of imidazole rings is 1. The summed E-state index contributed by atoms with van der Waals surface area (Å²) in [6, 6.07) is 10.4. The molecule has 7 nitrogen and oxygen atoms in total. The number of hydrogen-bond acceptors (Lipinski definition) is 4. The third-order valence-electron chi connectivity index (χ3n) is 4.27. The standard InChI is InChI=1S/C20H20Cl2N4O3S/c21-16-4-6-17(7-5-16)25-30(28,29)19-13-15(3-8-18(19)22)20(27)24-9-1-2-11-26-12-10-23-14-26/h3-8,10,12-14,25H,1-2,9,11H2,(H,24,27). The van der Waals surface area contributed by atoms with Crippen LogP contribution in [0.15, 0.2) is 66.1 Å². The van der Waals surface area contributed by atoms with Gasteiger partial charge in [-0.15, -0.1) is 0 Å². The molecule has 3 aromatic rings. The number of carbonyl (C=O) groups is 1. The van der Waals surface area contributed by atoms with Gasteiger partial charge in [0.2, 0.25) is 0 Å². The van der Waals surface area contributed by atoms with Crippen molar-refractivity contribution < 1.29 is 13.2 Å². The molecular weight excluding hydrogens is 447 g/mol. The van der Waals surface area contributed by atoms with E-state index in [2.05, 4.69) is 15.0 Å². The number of halogens is 2. The minimum absolute atomic E-state index is 0.0216. The molecular formula is C20H20Cl2N4O3S. The fourth-order valence-electron chi connectivity index (χ4n) is 2.72. The van der Waals surface area contributed by atoms with Crippen molar-refractivity contribution in [3.05, 3.63) is 76.8 Å². The summed E-state index contributed by atoms with van der Waals surface area (Å²) in [5, 5.41) is 3.30. The molecule has 30 heavy (non-hydrogen) atoms. The summed E-state index contributed by atoms with van der Waals surface area (Å²) >= 11 is 11.9. The summed E-state index contributed by atoms with van der Waals surface area (Å²) in [6.45, 7) is 1.29. The van der Waals surface area contributed by atoms with E-state index in [4.69, 9.17) is 23.2 Å². The predicted octanol–water partition coefficient (Wildman–Crippen LogP) is 4.20. The van der Waals surface area contributed by atoms with Crippen LogP contribution in [-0.2, 0) is 16.6 Å². The molecule has 0 aliphatic heterocycles. The Hall–Kier alpha value is -2.55. The number of hydrogen-bond donors (Lipinski definition) is 2. The van der Waals surface area contributed by atoms with Crippen molar-refractivity contribution in [1.29, 1.82) is 0 Å². The molecule has 0 bridgehead atoms. The van der Waals surface area contributed by atoms with E-state index < -0.39 is 10.0 Å². The van der Waals surface area contributed by atoms with Gasteiger partial charge in [0, 0.05) is 41.8 Å². The van der Waals surface area contributed by atoms with Crippen molar-refractivity contribution in [2.24, 2.45) is 0 Å². The van der Waals surface area contributed by atoms with Crippen LogP contribution in [0.1, 0.15) is 23.2 Å². The fourth-order valence-corrected chi connectivity index (χ4v) is 4.43. The molecule has 2 N–H and O–H groups in total. The van der Waals surface area contributed by atoms with Crippen molar-refractivity contribution in [2.75, 3.05) is 11.3 Å². The highest BCUT2D eigenvalue weighted by Crippen LogP contribution is 2.25. The van der Waals surface area contributed by atoms with Crippen molar-refractivity contribution in [2.45, 2.75) is 24.3 Å². The van der Waals surface area contributed by atoms with E-state index in [0.29, 0.717) is 17.3 Å². The first kappa shape index (κ1) is 22.1. The van der Waals surface area contributed by atoms with E-state index in [1.54, 1.807) is 24.7 Å². The minimum atomic E-state index is -3.98. The van der Waals surface area contributed by atoms with Crippen LogP contribution in [0.3, 0.4) is 0 Å². The normalized spacial score (nSPS) is 11.3. The van der Waals surface area contributed by atoms with Crippen LogP contribution in [0.4, 0.5) is 5.69 Å². The smallest absolute Gasteiger partial charge is 0.263 e. The topological polar surface area (TPSA) is 93.1 Å². The van der Waals surface area contributed by atoms with Gasteiger partial charge in [-0.25, -0.2) is 13.4 Å². The molecule has 0 atom stereocenters. The van der Waals surface area contributed by atoms with Gasteiger partial charge in [0.25, 0.3) is 15.9 Å². The number of benzene rings is 2.